The molecule has 3 N–H and O–H groups in total. The fraction of sp³-hybridized carbons (Fsp3) is 0.438. The van der Waals surface area contributed by atoms with Gasteiger partial charge in [0.2, 0.25) is 0 Å². The van der Waals surface area contributed by atoms with Crippen LogP contribution in [0, 0.1) is 5.92 Å². The van der Waals surface area contributed by atoms with Gasteiger partial charge in [-0.1, -0.05) is 13.8 Å². The van der Waals surface area contributed by atoms with E-state index in [-0.39, 0.29) is 11.9 Å². The van der Waals surface area contributed by atoms with Crippen molar-refractivity contribution in [3.8, 4) is 0 Å². The molecule has 2 rings (SSSR count). The molecule has 0 aliphatic carbocycles. The summed E-state index contributed by atoms with van der Waals surface area (Å²) < 4.78 is 0. The zero-order valence-corrected chi connectivity index (χ0v) is 12.6. The first-order chi connectivity index (χ1) is 9.38. The van der Waals surface area contributed by atoms with Crippen LogP contribution in [0.4, 0.5) is 5.69 Å². The molecule has 1 unspecified atom stereocenters. The smallest absolute Gasteiger partial charge is 0.270 e. The molecule has 1 aromatic carbocycles. The summed E-state index contributed by atoms with van der Waals surface area (Å²) in [5.41, 5.74) is 8.02. The van der Waals surface area contributed by atoms with Crippen LogP contribution in [-0.4, -0.2) is 28.9 Å². The first-order valence-corrected chi connectivity index (χ1v) is 7.04. The molecule has 1 heterocycles. The number of anilines is 1. The molecule has 0 aliphatic heterocycles. The van der Waals surface area contributed by atoms with Crippen LogP contribution in [0.5, 0.6) is 0 Å². The van der Waals surface area contributed by atoms with E-state index >= 15 is 0 Å². The predicted octanol–water partition coefficient (Wildman–Crippen LogP) is 3.26. The van der Waals surface area contributed by atoms with Gasteiger partial charge >= 0.3 is 0 Å². The maximum Gasteiger partial charge on any atom is 0.270 e. The number of hydrogen-bond donors (Lipinski definition) is 2. The molecule has 0 spiro atoms. The number of nitrogen functional groups attached to an aromatic ring is 1. The minimum Gasteiger partial charge on any atom is -0.399 e. The van der Waals surface area contributed by atoms with Gasteiger partial charge in [0.25, 0.3) is 5.91 Å². The van der Waals surface area contributed by atoms with Crippen LogP contribution < -0.4 is 5.73 Å². The van der Waals surface area contributed by atoms with Crippen molar-refractivity contribution in [1.82, 2.24) is 9.88 Å². The minimum absolute atomic E-state index is 0.0212. The highest BCUT2D eigenvalue weighted by molar-refractivity contribution is 5.98. The largest absolute Gasteiger partial charge is 0.399 e. The number of nitrogens with two attached hydrogens (primary N) is 1. The van der Waals surface area contributed by atoms with Crippen LogP contribution >= 0.6 is 0 Å². The van der Waals surface area contributed by atoms with Crippen molar-refractivity contribution >= 4 is 22.5 Å². The van der Waals surface area contributed by atoms with Gasteiger partial charge in [-0.05, 0) is 43.5 Å². The summed E-state index contributed by atoms with van der Waals surface area (Å²) in [7, 11) is 1.86. The third-order valence-corrected chi connectivity index (χ3v) is 3.67. The van der Waals surface area contributed by atoms with E-state index in [1.165, 1.54) is 0 Å². The molecular formula is C16H23N3O. The lowest BCUT2D eigenvalue weighted by Gasteiger charge is -2.25. The number of rotatable bonds is 4. The summed E-state index contributed by atoms with van der Waals surface area (Å²) in [6, 6.07) is 7.70. The molecule has 0 saturated carbocycles. The molecule has 2 aromatic rings. The zero-order chi connectivity index (χ0) is 14.9. The van der Waals surface area contributed by atoms with Crippen LogP contribution in [0.2, 0.25) is 0 Å². The molecule has 0 saturated heterocycles. The number of carbonyl (C=O) groups excluding carboxylic acids is 1. The maximum atomic E-state index is 12.5. The maximum absolute atomic E-state index is 12.5. The Morgan fingerprint density at radius 2 is 2.00 bits per heavy atom. The van der Waals surface area contributed by atoms with E-state index in [1.807, 2.05) is 31.3 Å². The van der Waals surface area contributed by atoms with Gasteiger partial charge in [-0.2, -0.15) is 0 Å². The average Bonchev–Trinajstić information content (AvgIpc) is 2.78. The number of H-pyrrole nitrogens is 1. The van der Waals surface area contributed by atoms with E-state index in [0.717, 1.165) is 17.3 Å². The zero-order valence-electron chi connectivity index (χ0n) is 12.6. The SMILES string of the molecule is CC(C)CC(C)N(C)C(=O)c1cc2cc(N)ccc2[nH]1. The number of aromatic amines is 1. The Morgan fingerprint density at radius 3 is 2.65 bits per heavy atom. The van der Waals surface area contributed by atoms with Crippen LogP contribution in [-0.2, 0) is 0 Å². The van der Waals surface area contributed by atoms with Crippen molar-refractivity contribution in [2.24, 2.45) is 5.92 Å². The minimum atomic E-state index is 0.0212. The standard InChI is InChI=1S/C16H23N3O/c1-10(2)7-11(3)19(4)16(20)15-9-12-8-13(17)5-6-14(12)18-15/h5-6,8-11,18H,7,17H2,1-4H3. The van der Waals surface area contributed by atoms with Crippen molar-refractivity contribution in [2.75, 3.05) is 12.8 Å². The summed E-state index contributed by atoms with van der Waals surface area (Å²) in [6.45, 7) is 6.42. The van der Waals surface area contributed by atoms with Gasteiger partial charge in [0, 0.05) is 29.7 Å². The third-order valence-electron chi connectivity index (χ3n) is 3.67. The van der Waals surface area contributed by atoms with Crippen molar-refractivity contribution < 1.29 is 4.79 Å². The number of fused-ring (bicyclic) bond motifs is 1. The summed E-state index contributed by atoms with van der Waals surface area (Å²) in [6.07, 6.45) is 0.995. The lowest BCUT2D eigenvalue weighted by atomic mass is 10.0. The van der Waals surface area contributed by atoms with Gasteiger partial charge in [-0.15, -0.1) is 0 Å². The van der Waals surface area contributed by atoms with Crippen LogP contribution in [0.3, 0.4) is 0 Å². The predicted molar refractivity (Wildman–Crippen MR) is 83.7 cm³/mol. The van der Waals surface area contributed by atoms with Crippen LogP contribution in [0.25, 0.3) is 10.9 Å². The molecule has 1 atom stereocenters. The number of benzene rings is 1. The lowest BCUT2D eigenvalue weighted by molar-refractivity contribution is 0.0723. The van der Waals surface area contributed by atoms with E-state index < -0.39 is 0 Å². The molecular weight excluding hydrogens is 250 g/mol. The molecule has 20 heavy (non-hydrogen) atoms. The van der Waals surface area contributed by atoms with Crippen molar-refractivity contribution in [1.29, 1.82) is 0 Å². The second kappa shape index (κ2) is 5.57. The van der Waals surface area contributed by atoms with E-state index in [2.05, 4.69) is 25.8 Å². The summed E-state index contributed by atoms with van der Waals surface area (Å²) in [4.78, 5) is 17.5. The van der Waals surface area contributed by atoms with E-state index in [4.69, 9.17) is 5.73 Å². The second-order valence-electron chi connectivity index (χ2n) is 5.92. The fourth-order valence-electron chi connectivity index (χ4n) is 2.50. The summed E-state index contributed by atoms with van der Waals surface area (Å²) in [5.74, 6) is 0.593. The van der Waals surface area contributed by atoms with Gasteiger partial charge in [0.1, 0.15) is 5.69 Å². The second-order valence-corrected chi connectivity index (χ2v) is 5.92. The average molecular weight is 273 g/mol. The van der Waals surface area contributed by atoms with Crippen LogP contribution in [0.15, 0.2) is 24.3 Å². The number of carbonyl (C=O) groups is 1. The molecule has 0 radical (unpaired) electrons. The molecule has 0 aliphatic rings. The first kappa shape index (κ1) is 14.4. The van der Waals surface area contributed by atoms with Crippen molar-refractivity contribution in [3.05, 3.63) is 30.0 Å². The van der Waals surface area contributed by atoms with Gasteiger partial charge in [-0.3, -0.25) is 4.79 Å². The molecule has 4 heteroatoms. The molecule has 108 valence electrons. The number of aromatic nitrogens is 1. The molecule has 0 bridgehead atoms. The van der Waals surface area contributed by atoms with Gasteiger partial charge in [0.05, 0.1) is 0 Å². The van der Waals surface area contributed by atoms with Crippen molar-refractivity contribution in [3.63, 3.8) is 0 Å². The Labute approximate surface area is 120 Å². The number of nitrogens with zero attached hydrogens (tertiary/aromatic N) is 1. The number of nitrogens with one attached hydrogen (secondary N) is 1. The van der Waals surface area contributed by atoms with E-state index in [9.17, 15) is 4.79 Å². The molecule has 0 fully saturated rings. The molecule has 1 aromatic heterocycles. The molecule has 1 amide bonds. The number of hydrogen-bond acceptors (Lipinski definition) is 2. The quantitative estimate of drug-likeness (QED) is 0.840. The molecule has 4 nitrogen and oxygen atoms in total. The van der Waals surface area contributed by atoms with E-state index in [0.29, 0.717) is 17.3 Å². The number of amides is 1. The Morgan fingerprint density at radius 1 is 1.30 bits per heavy atom. The van der Waals surface area contributed by atoms with Gasteiger partial charge in [0.15, 0.2) is 0 Å². The summed E-state index contributed by atoms with van der Waals surface area (Å²) >= 11 is 0. The van der Waals surface area contributed by atoms with Crippen molar-refractivity contribution in [2.45, 2.75) is 33.2 Å². The topological polar surface area (TPSA) is 62.1 Å². The highest BCUT2D eigenvalue weighted by Gasteiger charge is 2.19. The third kappa shape index (κ3) is 2.95. The van der Waals surface area contributed by atoms with E-state index in [1.54, 1.807) is 4.90 Å². The Balaban J connectivity index is 2.22. The Bertz CT molecular complexity index is 615. The van der Waals surface area contributed by atoms with Crippen LogP contribution in [0.1, 0.15) is 37.7 Å². The lowest BCUT2D eigenvalue weighted by Crippen LogP contribution is -2.36. The van der Waals surface area contributed by atoms with Gasteiger partial charge < -0.3 is 15.6 Å². The highest BCUT2D eigenvalue weighted by Crippen LogP contribution is 2.20. The monoisotopic (exact) mass is 273 g/mol. The van der Waals surface area contributed by atoms with Gasteiger partial charge in [-0.25, -0.2) is 0 Å². The highest BCUT2D eigenvalue weighted by atomic mass is 16.2. The Hall–Kier alpha value is -1.97. The Kier molecular flexibility index (Phi) is 4.02. The first-order valence-electron chi connectivity index (χ1n) is 7.04. The summed E-state index contributed by atoms with van der Waals surface area (Å²) in [5, 5.41) is 0.971. The fourth-order valence-corrected chi connectivity index (χ4v) is 2.50. The normalized spacial score (nSPS) is 12.8.